The van der Waals surface area contributed by atoms with Gasteiger partial charge in [-0.15, -0.1) is 0 Å². The van der Waals surface area contributed by atoms with Crippen LogP contribution in [0.2, 0.25) is 0 Å². The molecule has 0 aromatic rings. The fourth-order valence-electron chi connectivity index (χ4n) is 10.5. The smallest absolute Gasteiger partial charge is 0.306 e. The molecule has 1 atom stereocenters. The number of rotatable bonds is 64. The number of hydrogen-bond acceptors (Lipinski definition) is 6. The van der Waals surface area contributed by atoms with Gasteiger partial charge in [0.2, 0.25) is 0 Å². The van der Waals surface area contributed by atoms with Gasteiger partial charge in [-0.1, -0.05) is 321 Å². The van der Waals surface area contributed by atoms with Crippen LogP contribution in [0.15, 0.2) is 24.3 Å². The van der Waals surface area contributed by atoms with E-state index in [0.29, 0.717) is 19.3 Å². The van der Waals surface area contributed by atoms with E-state index in [2.05, 4.69) is 45.1 Å². The normalized spacial score (nSPS) is 12.1. The molecular weight excluding hydrogens is 937 g/mol. The van der Waals surface area contributed by atoms with Crippen molar-refractivity contribution in [1.82, 2.24) is 0 Å². The maximum absolute atomic E-state index is 12.9. The molecule has 0 heterocycles. The minimum absolute atomic E-state index is 0.0680. The van der Waals surface area contributed by atoms with Gasteiger partial charge in [-0.2, -0.15) is 0 Å². The van der Waals surface area contributed by atoms with Crippen molar-refractivity contribution in [2.75, 3.05) is 13.2 Å². The fraction of sp³-hybridized carbons (Fsp3) is 0.900. The van der Waals surface area contributed by atoms with Crippen LogP contribution < -0.4 is 0 Å². The Labute approximate surface area is 474 Å². The monoisotopic (exact) mass is 1070 g/mol. The van der Waals surface area contributed by atoms with E-state index in [9.17, 15) is 14.4 Å². The molecule has 0 saturated heterocycles. The van der Waals surface area contributed by atoms with E-state index in [1.807, 2.05) is 0 Å². The van der Waals surface area contributed by atoms with Crippen molar-refractivity contribution in [1.29, 1.82) is 0 Å². The Kier molecular flexibility index (Phi) is 63.6. The third-order valence-electron chi connectivity index (χ3n) is 15.7. The van der Waals surface area contributed by atoms with Gasteiger partial charge in [-0.3, -0.25) is 14.4 Å². The van der Waals surface area contributed by atoms with Gasteiger partial charge in [-0.05, 0) is 70.6 Å². The lowest BCUT2D eigenvalue weighted by atomic mass is 10.0. The highest BCUT2D eigenvalue weighted by Gasteiger charge is 2.19. The molecule has 0 radical (unpaired) electrons. The van der Waals surface area contributed by atoms with Crippen LogP contribution in [0.3, 0.4) is 0 Å². The van der Waals surface area contributed by atoms with E-state index in [4.69, 9.17) is 14.2 Å². The van der Waals surface area contributed by atoms with Crippen LogP contribution in [0.4, 0.5) is 0 Å². The Hall–Kier alpha value is -2.11. The van der Waals surface area contributed by atoms with Crippen molar-refractivity contribution in [3.8, 4) is 0 Å². The van der Waals surface area contributed by atoms with E-state index in [0.717, 1.165) is 64.2 Å². The predicted octanol–water partition coefficient (Wildman–Crippen LogP) is 23.4. The van der Waals surface area contributed by atoms with Crippen LogP contribution in [0.1, 0.15) is 387 Å². The molecule has 0 spiro atoms. The van der Waals surface area contributed by atoms with Gasteiger partial charge in [0.15, 0.2) is 6.10 Å². The van der Waals surface area contributed by atoms with Gasteiger partial charge < -0.3 is 14.2 Å². The summed E-state index contributed by atoms with van der Waals surface area (Å²) < 4.78 is 17.0. The molecule has 1 unspecified atom stereocenters. The molecule has 0 aliphatic rings. The summed E-state index contributed by atoms with van der Waals surface area (Å²) >= 11 is 0. The summed E-state index contributed by atoms with van der Waals surface area (Å²) in [7, 11) is 0. The van der Waals surface area contributed by atoms with Crippen LogP contribution >= 0.6 is 0 Å². The van der Waals surface area contributed by atoms with E-state index in [1.165, 1.54) is 283 Å². The molecule has 0 bridgehead atoms. The lowest BCUT2D eigenvalue weighted by molar-refractivity contribution is -0.167. The van der Waals surface area contributed by atoms with E-state index in [1.54, 1.807) is 0 Å². The second kappa shape index (κ2) is 65.4. The number of carbonyl (C=O) groups is 3. The topological polar surface area (TPSA) is 78.9 Å². The van der Waals surface area contributed by atoms with Crippen LogP contribution in [-0.2, 0) is 28.6 Å². The molecule has 76 heavy (non-hydrogen) atoms. The molecule has 448 valence electrons. The average molecular weight is 1070 g/mol. The summed E-state index contributed by atoms with van der Waals surface area (Å²) in [6.07, 6.45) is 79.2. The highest BCUT2D eigenvalue weighted by atomic mass is 16.6. The van der Waals surface area contributed by atoms with E-state index < -0.39 is 6.10 Å². The largest absolute Gasteiger partial charge is 0.462 e. The standard InChI is InChI=1S/C70H132O6/c1-4-7-10-13-16-19-22-25-27-29-31-32-33-34-35-36-37-38-39-41-42-45-48-51-54-57-60-63-69(72)75-66-67(65-74-68(71)62-59-56-53-50-47-44-24-21-18-15-12-9-6-3)76-70(73)64-61-58-55-52-49-46-43-40-30-28-26-23-20-17-14-11-8-5-2/h21,24,29,31,67H,4-20,22-23,25-28,30,32-66H2,1-3H3/b24-21-,31-29-. The summed E-state index contributed by atoms with van der Waals surface area (Å²) in [5.74, 6) is -0.847. The SMILES string of the molecule is CCCCCC/C=C\CCCCCCCC(=O)OCC(COC(=O)CCCCCCCCCCCCCCCCC/C=C\CCCCCCCCCC)OC(=O)CCCCCCCCCCCCCCCCCCCC. The van der Waals surface area contributed by atoms with Gasteiger partial charge in [-0.25, -0.2) is 0 Å². The Morgan fingerprint density at radius 2 is 0.434 bits per heavy atom. The second-order valence-corrected chi connectivity index (χ2v) is 23.4. The third kappa shape index (κ3) is 62.7. The first-order valence-electron chi connectivity index (χ1n) is 34.3. The lowest BCUT2D eigenvalue weighted by Gasteiger charge is -2.18. The molecule has 0 fully saturated rings. The molecule has 0 rings (SSSR count). The average Bonchev–Trinajstić information content (AvgIpc) is 3.42. The van der Waals surface area contributed by atoms with Crippen molar-refractivity contribution in [2.45, 2.75) is 393 Å². The highest BCUT2D eigenvalue weighted by molar-refractivity contribution is 5.71. The number of unbranched alkanes of at least 4 members (excludes halogenated alkanes) is 49. The Morgan fingerprint density at radius 1 is 0.250 bits per heavy atom. The van der Waals surface area contributed by atoms with Crippen molar-refractivity contribution >= 4 is 17.9 Å². The molecule has 0 aromatic carbocycles. The van der Waals surface area contributed by atoms with Crippen LogP contribution in [0.25, 0.3) is 0 Å². The Balaban J connectivity index is 4.19. The maximum Gasteiger partial charge on any atom is 0.306 e. The summed E-state index contributed by atoms with van der Waals surface area (Å²) in [5.41, 5.74) is 0. The van der Waals surface area contributed by atoms with Crippen LogP contribution in [0.5, 0.6) is 0 Å². The minimum atomic E-state index is -0.771. The zero-order chi connectivity index (χ0) is 55.0. The molecule has 0 amide bonds. The van der Waals surface area contributed by atoms with E-state index >= 15 is 0 Å². The van der Waals surface area contributed by atoms with Gasteiger partial charge in [0, 0.05) is 19.3 Å². The van der Waals surface area contributed by atoms with Gasteiger partial charge in [0.1, 0.15) is 13.2 Å². The Morgan fingerprint density at radius 3 is 0.671 bits per heavy atom. The van der Waals surface area contributed by atoms with Crippen molar-refractivity contribution in [3.05, 3.63) is 24.3 Å². The highest BCUT2D eigenvalue weighted by Crippen LogP contribution is 2.18. The molecule has 6 heteroatoms. The first kappa shape index (κ1) is 73.9. The fourth-order valence-corrected chi connectivity index (χ4v) is 10.5. The van der Waals surface area contributed by atoms with E-state index in [-0.39, 0.29) is 31.1 Å². The van der Waals surface area contributed by atoms with Crippen molar-refractivity contribution < 1.29 is 28.6 Å². The first-order valence-corrected chi connectivity index (χ1v) is 34.3. The number of allylic oxidation sites excluding steroid dienone is 4. The summed E-state index contributed by atoms with van der Waals surface area (Å²) in [6.45, 7) is 6.69. The van der Waals surface area contributed by atoms with Gasteiger partial charge in [0.25, 0.3) is 0 Å². The number of carbonyl (C=O) groups excluding carboxylic acids is 3. The molecular formula is C70H132O6. The van der Waals surface area contributed by atoms with Crippen molar-refractivity contribution in [3.63, 3.8) is 0 Å². The molecule has 6 nitrogen and oxygen atoms in total. The number of esters is 3. The molecule has 0 aromatic heterocycles. The molecule has 0 aliphatic carbocycles. The summed E-state index contributed by atoms with van der Waals surface area (Å²) in [5, 5.41) is 0. The Bertz CT molecular complexity index is 1230. The maximum atomic E-state index is 12.9. The summed E-state index contributed by atoms with van der Waals surface area (Å²) in [6, 6.07) is 0. The number of hydrogen-bond donors (Lipinski definition) is 0. The summed E-state index contributed by atoms with van der Waals surface area (Å²) in [4.78, 5) is 38.3. The van der Waals surface area contributed by atoms with Crippen molar-refractivity contribution in [2.24, 2.45) is 0 Å². The second-order valence-electron chi connectivity index (χ2n) is 23.4. The first-order chi connectivity index (χ1) is 37.5. The van der Waals surface area contributed by atoms with Gasteiger partial charge >= 0.3 is 17.9 Å². The zero-order valence-corrected chi connectivity index (χ0v) is 51.6. The predicted molar refractivity (Wildman–Crippen MR) is 330 cm³/mol. The molecule has 0 N–H and O–H groups in total. The van der Waals surface area contributed by atoms with Crippen LogP contribution in [0, 0.1) is 0 Å². The quantitative estimate of drug-likeness (QED) is 0.0261. The molecule has 0 saturated carbocycles. The molecule has 0 aliphatic heterocycles. The third-order valence-corrected chi connectivity index (χ3v) is 15.7. The lowest BCUT2D eigenvalue weighted by Crippen LogP contribution is -2.30. The number of ether oxygens (including phenoxy) is 3. The minimum Gasteiger partial charge on any atom is -0.462 e. The van der Waals surface area contributed by atoms with Crippen LogP contribution in [-0.4, -0.2) is 37.2 Å². The zero-order valence-electron chi connectivity index (χ0n) is 51.6. The van der Waals surface area contributed by atoms with Gasteiger partial charge in [0.05, 0.1) is 0 Å².